The molecule has 2 aromatic rings. The van der Waals surface area contributed by atoms with Crippen molar-refractivity contribution < 1.29 is 4.79 Å². The molecule has 2 nitrogen and oxygen atoms in total. The molecule has 2 heterocycles. The number of hydrogen-bond donors (Lipinski definition) is 0. The number of nitrogens with zero attached hydrogens (tertiary/aromatic N) is 1. The fourth-order valence-electron chi connectivity index (χ4n) is 3.10. The normalized spacial score (nSPS) is 18.5. The van der Waals surface area contributed by atoms with Gasteiger partial charge in [0.15, 0.2) is 0 Å². The van der Waals surface area contributed by atoms with Crippen LogP contribution in [0.4, 0.5) is 0 Å². The van der Waals surface area contributed by atoms with Crippen molar-refractivity contribution in [2.24, 2.45) is 0 Å². The van der Waals surface area contributed by atoms with E-state index >= 15 is 0 Å². The van der Waals surface area contributed by atoms with E-state index in [0.717, 1.165) is 24.3 Å². The van der Waals surface area contributed by atoms with Gasteiger partial charge in [-0.1, -0.05) is 35.4 Å². The van der Waals surface area contributed by atoms with Gasteiger partial charge in [-0.3, -0.25) is 4.79 Å². The quantitative estimate of drug-likeness (QED) is 0.803. The molecule has 104 valence electrons. The Labute approximate surface area is 124 Å². The summed E-state index contributed by atoms with van der Waals surface area (Å²) in [5.74, 6) is 0.182. The van der Waals surface area contributed by atoms with Gasteiger partial charge in [-0.2, -0.15) is 0 Å². The number of rotatable bonds is 2. The molecule has 0 N–H and O–H groups in total. The molecular formula is C17H19NOS. The van der Waals surface area contributed by atoms with E-state index in [-0.39, 0.29) is 11.9 Å². The zero-order valence-corrected chi connectivity index (χ0v) is 12.7. The molecule has 0 spiro atoms. The van der Waals surface area contributed by atoms with Crippen LogP contribution in [-0.4, -0.2) is 17.4 Å². The predicted molar refractivity (Wildman–Crippen MR) is 83.2 cm³/mol. The predicted octanol–water partition coefficient (Wildman–Crippen LogP) is 4.34. The molecule has 1 aromatic heterocycles. The van der Waals surface area contributed by atoms with Gasteiger partial charge >= 0.3 is 0 Å². The highest BCUT2D eigenvalue weighted by molar-refractivity contribution is 7.12. The van der Waals surface area contributed by atoms with Gasteiger partial charge in [-0.15, -0.1) is 11.3 Å². The second-order valence-electron chi connectivity index (χ2n) is 5.55. The number of likely N-dealkylation sites (tertiary alicyclic amines) is 1. The highest BCUT2D eigenvalue weighted by Gasteiger charge is 2.31. The van der Waals surface area contributed by atoms with Crippen molar-refractivity contribution in [1.82, 2.24) is 4.90 Å². The lowest BCUT2D eigenvalue weighted by atomic mass is 9.99. The van der Waals surface area contributed by atoms with Crippen molar-refractivity contribution in [3.63, 3.8) is 0 Å². The Balaban J connectivity index is 1.90. The number of benzene rings is 1. The van der Waals surface area contributed by atoms with Crippen molar-refractivity contribution in [2.45, 2.75) is 32.7 Å². The smallest absolute Gasteiger partial charge is 0.264 e. The molecule has 1 amide bonds. The van der Waals surface area contributed by atoms with Gasteiger partial charge in [0.05, 0.1) is 10.9 Å². The molecule has 0 aliphatic carbocycles. The van der Waals surface area contributed by atoms with E-state index in [4.69, 9.17) is 0 Å². The average molecular weight is 285 g/mol. The Hall–Kier alpha value is -1.61. The highest BCUT2D eigenvalue weighted by Crippen LogP contribution is 2.34. The fourth-order valence-corrected chi connectivity index (χ4v) is 3.78. The molecule has 0 bridgehead atoms. The van der Waals surface area contributed by atoms with E-state index in [9.17, 15) is 4.79 Å². The Bertz CT molecular complexity index is 598. The molecule has 3 rings (SSSR count). The van der Waals surface area contributed by atoms with Crippen molar-refractivity contribution in [2.75, 3.05) is 6.54 Å². The van der Waals surface area contributed by atoms with Gasteiger partial charge in [-0.05, 0) is 43.7 Å². The van der Waals surface area contributed by atoms with E-state index in [2.05, 4.69) is 32.0 Å². The number of amides is 1. The standard InChI is InChI=1S/C17H19NOS/c1-12-9-13(2)11-14(10-12)15-5-3-7-18(15)17(19)16-6-4-8-20-16/h4,6,8-11,15H,3,5,7H2,1-2H3. The van der Waals surface area contributed by atoms with Gasteiger partial charge in [0.1, 0.15) is 0 Å². The largest absolute Gasteiger partial charge is 0.331 e. The molecule has 1 aromatic carbocycles. The zero-order chi connectivity index (χ0) is 14.1. The lowest BCUT2D eigenvalue weighted by molar-refractivity contribution is 0.0740. The molecule has 1 atom stereocenters. The SMILES string of the molecule is Cc1cc(C)cc(C2CCCN2C(=O)c2cccs2)c1. The van der Waals surface area contributed by atoms with E-state index in [1.165, 1.54) is 28.0 Å². The van der Waals surface area contributed by atoms with E-state index in [1.807, 2.05) is 22.4 Å². The molecule has 1 aliphatic heterocycles. The fraction of sp³-hybridized carbons (Fsp3) is 0.353. The summed E-state index contributed by atoms with van der Waals surface area (Å²) in [6.07, 6.45) is 2.16. The second kappa shape index (κ2) is 5.41. The first-order valence-corrected chi connectivity index (χ1v) is 7.96. The molecule has 1 aliphatic rings. The maximum absolute atomic E-state index is 12.6. The summed E-state index contributed by atoms with van der Waals surface area (Å²) >= 11 is 1.53. The van der Waals surface area contributed by atoms with Crippen LogP contribution in [0.1, 0.15) is 45.2 Å². The van der Waals surface area contributed by atoms with Crippen LogP contribution in [0.3, 0.4) is 0 Å². The minimum atomic E-state index is 0.182. The maximum Gasteiger partial charge on any atom is 0.264 e. The topological polar surface area (TPSA) is 20.3 Å². The molecular weight excluding hydrogens is 266 g/mol. The van der Waals surface area contributed by atoms with Crippen molar-refractivity contribution in [3.8, 4) is 0 Å². The molecule has 20 heavy (non-hydrogen) atoms. The minimum absolute atomic E-state index is 0.182. The second-order valence-corrected chi connectivity index (χ2v) is 6.50. The van der Waals surface area contributed by atoms with Crippen molar-refractivity contribution in [1.29, 1.82) is 0 Å². The van der Waals surface area contributed by atoms with Gasteiger partial charge in [0, 0.05) is 6.54 Å². The van der Waals surface area contributed by atoms with Crippen LogP contribution < -0.4 is 0 Å². The number of thiophene rings is 1. The van der Waals surface area contributed by atoms with Crippen LogP contribution >= 0.6 is 11.3 Å². The average Bonchev–Trinajstić information content (AvgIpc) is 3.08. The minimum Gasteiger partial charge on any atom is -0.331 e. The lowest BCUT2D eigenvalue weighted by Crippen LogP contribution is -2.30. The molecule has 1 unspecified atom stereocenters. The summed E-state index contributed by atoms with van der Waals surface area (Å²) in [5, 5.41) is 1.97. The van der Waals surface area contributed by atoms with Gasteiger partial charge in [0.25, 0.3) is 5.91 Å². The van der Waals surface area contributed by atoms with Crippen LogP contribution in [-0.2, 0) is 0 Å². The summed E-state index contributed by atoms with van der Waals surface area (Å²) in [4.78, 5) is 15.5. The monoisotopic (exact) mass is 285 g/mol. The number of carbonyl (C=O) groups excluding carboxylic acids is 1. The molecule has 0 saturated carbocycles. The van der Waals surface area contributed by atoms with Crippen LogP contribution in [0.15, 0.2) is 35.7 Å². The first-order chi connectivity index (χ1) is 9.65. The van der Waals surface area contributed by atoms with E-state index < -0.39 is 0 Å². The van der Waals surface area contributed by atoms with Gasteiger partial charge in [-0.25, -0.2) is 0 Å². The highest BCUT2D eigenvalue weighted by atomic mass is 32.1. The Morgan fingerprint density at radius 3 is 2.65 bits per heavy atom. The van der Waals surface area contributed by atoms with Crippen molar-refractivity contribution in [3.05, 3.63) is 57.3 Å². The summed E-state index contributed by atoms with van der Waals surface area (Å²) in [5.41, 5.74) is 3.83. The van der Waals surface area contributed by atoms with E-state index in [1.54, 1.807) is 0 Å². The molecule has 0 radical (unpaired) electrons. The van der Waals surface area contributed by atoms with Crippen LogP contribution in [0.2, 0.25) is 0 Å². The third kappa shape index (κ3) is 2.50. The molecule has 3 heteroatoms. The van der Waals surface area contributed by atoms with Crippen LogP contribution in [0, 0.1) is 13.8 Å². The van der Waals surface area contributed by atoms with Crippen LogP contribution in [0.25, 0.3) is 0 Å². The Morgan fingerprint density at radius 2 is 2.00 bits per heavy atom. The summed E-state index contributed by atoms with van der Waals surface area (Å²) in [6.45, 7) is 5.11. The van der Waals surface area contributed by atoms with Gasteiger partial charge < -0.3 is 4.90 Å². The van der Waals surface area contributed by atoms with Crippen molar-refractivity contribution >= 4 is 17.2 Å². The third-order valence-electron chi connectivity index (χ3n) is 3.87. The molecule has 1 fully saturated rings. The number of carbonyl (C=O) groups is 1. The summed E-state index contributed by atoms with van der Waals surface area (Å²) in [7, 11) is 0. The Morgan fingerprint density at radius 1 is 1.25 bits per heavy atom. The maximum atomic E-state index is 12.6. The first kappa shape index (κ1) is 13.4. The molecule has 1 saturated heterocycles. The zero-order valence-electron chi connectivity index (χ0n) is 11.9. The first-order valence-electron chi connectivity index (χ1n) is 7.08. The number of hydrogen-bond acceptors (Lipinski definition) is 2. The van der Waals surface area contributed by atoms with E-state index in [0.29, 0.717) is 0 Å². The Kier molecular flexibility index (Phi) is 3.62. The number of aryl methyl sites for hydroxylation is 2. The van der Waals surface area contributed by atoms with Crippen LogP contribution in [0.5, 0.6) is 0 Å². The third-order valence-corrected chi connectivity index (χ3v) is 4.73. The lowest BCUT2D eigenvalue weighted by Gasteiger charge is -2.25. The van der Waals surface area contributed by atoms with Gasteiger partial charge in [0.2, 0.25) is 0 Å². The summed E-state index contributed by atoms with van der Waals surface area (Å²) < 4.78 is 0. The summed E-state index contributed by atoms with van der Waals surface area (Å²) in [6, 6.07) is 10.7.